The van der Waals surface area contributed by atoms with E-state index < -0.39 is 16.0 Å². The van der Waals surface area contributed by atoms with Crippen molar-refractivity contribution < 1.29 is 13.0 Å². The molecular formula is C9H13NO3S. The summed E-state index contributed by atoms with van der Waals surface area (Å²) in [5.74, 6) is -0.463. The average Bonchev–Trinajstić information content (AvgIpc) is 2.06. The smallest absolute Gasteiger partial charge is 0.283 e. The largest absolute Gasteiger partial charge is 0.370 e. The highest BCUT2D eigenvalue weighted by Gasteiger charge is 2.03. The Morgan fingerprint density at radius 1 is 1.29 bits per heavy atom. The molecule has 14 heavy (non-hydrogen) atoms. The van der Waals surface area contributed by atoms with Crippen LogP contribution in [-0.2, 0) is 10.1 Å². The van der Waals surface area contributed by atoms with Crippen molar-refractivity contribution in [3.63, 3.8) is 0 Å². The van der Waals surface area contributed by atoms with Gasteiger partial charge in [-0.05, 0) is 37.1 Å². The molecule has 0 saturated heterocycles. The maximum atomic E-state index is 10.4. The molecule has 0 radical (unpaired) electrons. The lowest BCUT2D eigenvalue weighted by Gasteiger charge is -2.06. The molecule has 0 unspecified atom stereocenters. The highest BCUT2D eigenvalue weighted by molar-refractivity contribution is 7.85. The molecule has 0 aliphatic carbocycles. The quantitative estimate of drug-likeness (QED) is 0.751. The summed E-state index contributed by atoms with van der Waals surface area (Å²) in [6.07, 6.45) is 0. The van der Waals surface area contributed by atoms with Crippen molar-refractivity contribution in [2.24, 2.45) is 0 Å². The van der Waals surface area contributed by atoms with Gasteiger partial charge in [0.15, 0.2) is 0 Å². The molecule has 0 amide bonds. The molecule has 78 valence electrons. The van der Waals surface area contributed by atoms with Crippen molar-refractivity contribution in [3.05, 3.63) is 29.3 Å². The van der Waals surface area contributed by atoms with Crippen LogP contribution < -0.4 is 5.32 Å². The number of aryl methyl sites for hydroxylation is 2. The molecule has 4 nitrogen and oxygen atoms in total. The van der Waals surface area contributed by atoms with Crippen molar-refractivity contribution in [2.75, 3.05) is 11.2 Å². The van der Waals surface area contributed by atoms with Crippen LogP contribution in [0, 0.1) is 13.8 Å². The summed E-state index contributed by atoms with van der Waals surface area (Å²) < 4.78 is 29.4. The molecule has 2 N–H and O–H groups in total. The molecule has 0 fully saturated rings. The normalized spacial score (nSPS) is 11.4. The Morgan fingerprint density at radius 3 is 2.43 bits per heavy atom. The van der Waals surface area contributed by atoms with Crippen molar-refractivity contribution in [2.45, 2.75) is 13.8 Å². The van der Waals surface area contributed by atoms with Crippen LogP contribution in [0.3, 0.4) is 0 Å². The van der Waals surface area contributed by atoms with E-state index in [9.17, 15) is 8.42 Å². The Balaban J connectivity index is 2.74. The average molecular weight is 215 g/mol. The minimum atomic E-state index is -3.96. The first-order chi connectivity index (χ1) is 6.38. The van der Waals surface area contributed by atoms with E-state index >= 15 is 0 Å². The fourth-order valence-corrected chi connectivity index (χ4v) is 1.37. The van der Waals surface area contributed by atoms with Crippen molar-refractivity contribution in [1.29, 1.82) is 0 Å². The predicted molar refractivity (Wildman–Crippen MR) is 56.0 cm³/mol. The SMILES string of the molecule is Cc1ccc(NCS(=O)(=O)O)cc1C. The summed E-state index contributed by atoms with van der Waals surface area (Å²) >= 11 is 0. The lowest BCUT2D eigenvalue weighted by atomic mass is 10.1. The number of benzene rings is 1. The van der Waals surface area contributed by atoms with Crippen LogP contribution in [0.1, 0.15) is 11.1 Å². The molecule has 5 heteroatoms. The Labute approximate surface area is 83.7 Å². The summed E-state index contributed by atoms with van der Waals surface area (Å²) in [6, 6.07) is 5.50. The topological polar surface area (TPSA) is 66.4 Å². The molecule has 1 aromatic carbocycles. The predicted octanol–water partition coefficient (Wildman–Crippen LogP) is 1.56. The Kier molecular flexibility index (Phi) is 3.13. The van der Waals surface area contributed by atoms with Gasteiger partial charge in [-0.25, -0.2) is 0 Å². The van der Waals surface area contributed by atoms with E-state index in [1.807, 2.05) is 26.0 Å². The zero-order chi connectivity index (χ0) is 10.8. The molecule has 1 rings (SSSR count). The van der Waals surface area contributed by atoms with Gasteiger partial charge in [0.25, 0.3) is 10.1 Å². The maximum absolute atomic E-state index is 10.4. The molecule has 0 aliphatic rings. The first kappa shape index (κ1) is 11.0. The van der Waals surface area contributed by atoms with E-state index in [1.54, 1.807) is 6.07 Å². The van der Waals surface area contributed by atoms with Crippen LogP contribution in [0.25, 0.3) is 0 Å². The highest BCUT2D eigenvalue weighted by atomic mass is 32.2. The fourth-order valence-electron chi connectivity index (χ4n) is 1.03. The first-order valence-electron chi connectivity index (χ1n) is 4.15. The van der Waals surface area contributed by atoms with Crippen LogP contribution in [0.2, 0.25) is 0 Å². The van der Waals surface area contributed by atoms with Gasteiger partial charge in [-0.1, -0.05) is 6.07 Å². The summed E-state index contributed by atoms with van der Waals surface area (Å²) in [5, 5.41) is 2.61. The minimum Gasteiger partial charge on any atom is -0.370 e. The Morgan fingerprint density at radius 2 is 1.93 bits per heavy atom. The van der Waals surface area contributed by atoms with Crippen LogP contribution >= 0.6 is 0 Å². The standard InChI is InChI=1S/C9H13NO3S/c1-7-3-4-9(5-8(7)2)10-6-14(11,12)13/h3-5,10H,6H2,1-2H3,(H,11,12,13). The van der Waals surface area contributed by atoms with Gasteiger partial charge in [0.2, 0.25) is 0 Å². The first-order valence-corrected chi connectivity index (χ1v) is 5.76. The molecule has 1 aromatic rings. The third-order valence-corrected chi connectivity index (χ3v) is 2.47. The summed E-state index contributed by atoms with van der Waals surface area (Å²) in [7, 11) is -3.96. The number of hydrogen-bond acceptors (Lipinski definition) is 3. The Bertz CT molecular complexity index is 426. The van der Waals surface area contributed by atoms with E-state index in [1.165, 1.54) is 0 Å². The molecule has 0 spiro atoms. The maximum Gasteiger partial charge on any atom is 0.283 e. The lowest BCUT2D eigenvalue weighted by molar-refractivity contribution is 0.485. The second-order valence-corrected chi connectivity index (χ2v) is 4.65. The van der Waals surface area contributed by atoms with Crippen molar-refractivity contribution in [3.8, 4) is 0 Å². The monoisotopic (exact) mass is 215 g/mol. The number of nitrogens with one attached hydrogen (secondary N) is 1. The summed E-state index contributed by atoms with van der Waals surface area (Å²) in [6.45, 7) is 3.91. The Hall–Kier alpha value is -1.07. The van der Waals surface area contributed by atoms with Gasteiger partial charge < -0.3 is 5.32 Å². The fraction of sp³-hybridized carbons (Fsp3) is 0.333. The summed E-state index contributed by atoms with van der Waals surface area (Å²) in [5.41, 5.74) is 2.90. The van der Waals surface area contributed by atoms with Gasteiger partial charge in [0, 0.05) is 5.69 Å². The van der Waals surface area contributed by atoms with Gasteiger partial charge in [-0.15, -0.1) is 0 Å². The van der Waals surface area contributed by atoms with Crippen molar-refractivity contribution in [1.82, 2.24) is 0 Å². The summed E-state index contributed by atoms with van der Waals surface area (Å²) in [4.78, 5) is 0. The van der Waals surface area contributed by atoms with Crippen LogP contribution in [-0.4, -0.2) is 18.8 Å². The van der Waals surface area contributed by atoms with Gasteiger partial charge in [-0.3, -0.25) is 4.55 Å². The molecule has 0 saturated carbocycles. The zero-order valence-electron chi connectivity index (χ0n) is 8.11. The van der Waals surface area contributed by atoms with E-state index in [2.05, 4.69) is 5.32 Å². The number of anilines is 1. The minimum absolute atomic E-state index is 0.463. The molecule has 0 bridgehead atoms. The molecular weight excluding hydrogens is 202 g/mol. The third kappa shape index (κ3) is 3.35. The van der Waals surface area contributed by atoms with E-state index in [-0.39, 0.29) is 0 Å². The van der Waals surface area contributed by atoms with E-state index in [0.717, 1.165) is 11.1 Å². The van der Waals surface area contributed by atoms with Gasteiger partial charge in [0.1, 0.15) is 5.88 Å². The second-order valence-electron chi connectivity index (χ2n) is 3.20. The van der Waals surface area contributed by atoms with E-state index in [0.29, 0.717) is 5.69 Å². The zero-order valence-corrected chi connectivity index (χ0v) is 8.93. The molecule has 0 aromatic heterocycles. The van der Waals surface area contributed by atoms with Gasteiger partial charge >= 0.3 is 0 Å². The van der Waals surface area contributed by atoms with Crippen LogP contribution in [0.15, 0.2) is 18.2 Å². The molecule has 0 aliphatic heterocycles. The van der Waals surface area contributed by atoms with Gasteiger partial charge in [0.05, 0.1) is 0 Å². The third-order valence-electron chi connectivity index (χ3n) is 1.97. The highest BCUT2D eigenvalue weighted by Crippen LogP contribution is 2.13. The number of rotatable bonds is 3. The second kappa shape index (κ2) is 3.98. The van der Waals surface area contributed by atoms with Crippen molar-refractivity contribution >= 4 is 15.8 Å². The van der Waals surface area contributed by atoms with E-state index in [4.69, 9.17) is 4.55 Å². The molecule has 0 heterocycles. The lowest BCUT2D eigenvalue weighted by Crippen LogP contribution is -2.12. The van der Waals surface area contributed by atoms with Gasteiger partial charge in [-0.2, -0.15) is 8.42 Å². The van der Waals surface area contributed by atoms with Crippen LogP contribution in [0.5, 0.6) is 0 Å². The van der Waals surface area contributed by atoms with Crippen LogP contribution in [0.4, 0.5) is 5.69 Å². The molecule has 0 atom stereocenters. The number of hydrogen-bond donors (Lipinski definition) is 2.